The van der Waals surface area contributed by atoms with Gasteiger partial charge in [0, 0.05) is 31.3 Å². The number of likely N-dealkylation sites (tertiary alicyclic amines) is 1. The third kappa shape index (κ3) is 4.08. The van der Waals surface area contributed by atoms with Crippen LogP contribution in [0.4, 0.5) is 0 Å². The first-order valence-corrected chi connectivity index (χ1v) is 7.69. The van der Waals surface area contributed by atoms with Gasteiger partial charge in [-0.3, -0.25) is 4.90 Å². The molecule has 0 bridgehead atoms. The summed E-state index contributed by atoms with van der Waals surface area (Å²) in [4.78, 5) is 4.93. The van der Waals surface area contributed by atoms with Gasteiger partial charge in [0.05, 0.1) is 0 Å². The summed E-state index contributed by atoms with van der Waals surface area (Å²) in [5.41, 5.74) is 1.33. The molecule has 0 aliphatic carbocycles. The van der Waals surface area contributed by atoms with Crippen molar-refractivity contribution in [2.24, 2.45) is 0 Å². The fourth-order valence-electron chi connectivity index (χ4n) is 3.10. The lowest BCUT2D eigenvalue weighted by Gasteiger charge is -2.36. The Morgan fingerprint density at radius 3 is 2.60 bits per heavy atom. The van der Waals surface area contributed by atoms with Crippen molar-refractivity contribution in [2.75, 3.05) is 33.3 Å². The molecule has 114 valence electrons. The minimum atomic E-state index is 0.294. The van der Waals surface area contributed by atoms with Crippen molar-refractivity contribution in [2.45, 2.75) is 45.7 Å². The number of piperidine rings is 1. The van der Waals surface area contributed by atoms with Gasteiger partial charge in [-0.2, -0.15) is 0 Å². The number of rotatable bonds is 6. The lowest BCUT2D eigenvalue weighted by atomic mass is 10.0. The van der Waals surface area contributed by atoms with Crippen molar-refractivity contribution in [3.63, 3.8) is 0 Å². The van der Waals surface area contributed by atoms with Crippen LogP contribution < -0.4 is 0 Å². The third-order valence-electron chi connectivity index (χ3n) is 4.39. The summed E-state index contributed by atoms with van der Waals surface area (Å²) in [5.74, 6) is 2.07. The summed E-state index contributed by atoms with van der Waals surface area (Å²) >= 11 is 0. The van der Waals surface area contributed by atoms with Crippen LogP contribution in [0.5, 0.6) is 0 Å². The molecule has 2 heterocycles. The van der Waals surface area contributed by atoms with Gasteiger partial charge in [0.2, 0.25) is 0 Å². The maximum Gasteiger partial charge on any atom is 0.105 e. The van der Waals surface area contributed by atoms with Gasteiger partial charge in [-0.05, 0) is 59.3 Å². The van der Waals surface area contributed by atoms with Gasteiger partial charge >= 0.3 is 0 Å². The maximum atomic E-state index is 8.90. The van der Waals surface area contributed by atoms with Crippen LogP contribution in [0.2, 0.25) is 0 Å². The van der Waals surface area contributed by atoms with Crippen LogP contribution in [0.15, 0.2) is 10.5 Å². The molecule has 0 aromatic carbocycles. The zero-order valence-electron chi connectivity index (χ0n) is 13.1. The van der Waals surface area contributed by atoms with E-state index in [4.69, 9.17) is 9.52 Å². The standard InChI is InChI=1S/C16H28N2O2/c1-13-11-15(14(2)20-13)12-18-8-5-16(6-9-18)17(3)7-4-10-19/h11,16,19H,4-10,12H2,1-3H3. The van der Waals surface area contributed by atoms with Crippen molar-refractivity contribution >= 4 is 0 Å². The minimum Gasteiger partial charge on any atom is -0.466 e. The highest BCUT2D eigenvalue weighted by Gasteiger charge is 2.22. The molecule has 0 spiro atoms. The number of aliphatic hydroxyl groups excluding tert-OH is 1. The van der Waals surface area contributed by atoms with Gasteiger partial charge in [-0.15, -0.1) is 0 Å². The Hall–Kier alpha value is -0.840. The van der Waals surface area contributed by atoms with Gasteiger partial charge in [-0.1, -0.05) is 0 Å². The Morgan fingerprint density at radius 2 is 2.05 bits per heavy atom. The van der Waals surface area contributed by atoms with Gasteiger partial charge in [0.1, 0.15) is 11.5 Å². The Labute approximate surface area is 122 Å². The lowest BCUT2D eigenvalue weighted by molar-refractivity contribution is 0.117. The highest BCUT2D eigenvalue weighted by Crippen LogP contribution is 2.20. The van der Waals surface area contributed by atoms with E-state index in [1.807, 2.05) is 6.92 Å². The zero-order chi connectivity index (χ0) is 14.5. The normalized spacial score (nSPS) is 18.1. The molecule has 0 unspecified atom stereocenters. The highest BCUT2D eigenvalue weighted by atomic mass is 16.3. The molecular weight excluding hydrogens is 252 g/mol. The first-order valence-electron chi connectivity index (χ1n) is 7.69. The summed E-state index contributed by atoms with van der Waals surface area (Å²) in [7, 11) is 2.18. The summed E-state index contributed by atoms with van der Waals surface area (Å²) in [5, 5.41) is 8.90. The Balaban J connectivity index is 1.78. The second-order valence-electron chi connectivity index (χ2n) is 6.00. The first kappa shape index (κ1) is 15.5. The van der Waals surface area contributed by atoms with E-state index >= 15 is 0 Å². The first-order chi connectivity index (χ1) is 9.60. The van der Waals surface area contributed by atoms with E-state index in [1.165, 1.54) is 18.4 Å². The van der Waals surface area contributed by atoms with E-state index in [2.05, 4.69) is 29.8 Å². The van der Waals surface area contributed by atoms with Gasteiger partial charge in [-0.25, -0.2) is 0 Å². The van der Waals surface area contributed by atoms with Crippen molar-refractivity contribution < 1.29 is 9.52 Å². The van der Waals surface area contributed by atoms with Crippen molar-refractivity contribution in [1.82, 2.24) is 9.80 Å². The molecule has 1 aromatic rings. The molecule has 1 aliphatic heterocycles. The van der Waals surface area contributed by atoms with Crippen LogP contribution in [-0.4, -0.2) is 54.2 Å². The largest absolute Gasteiger partial charge is 0.466 e. The second kappa shape index (κ2) is 7.25. The predicted molar refractivity (Wildman–Crippen MR) is 80.8 cm³/mol. The minimum absolute atomic E-state index is 0.294. The monoisotopic (exact) mass is 280 g/mol. The summed E-state index contributed by atoms with van der Waals surface area (Å²) in [6.45, 7) is 8.67. The number of nitrogens with zero attached hydrogens (tertiary/aromatic N) is 2. The Bertz CT molecular complexity index is 409. The SMILES string of the molecule is Cc1cc(CN2CCC(N(C)CCCO)CC2)c(C)o1. The second-order valence-corrected chi connectivity index (χ2v) is 6.00. The number of aliphatic hydroxyl groups is 1. The molecule has 1 aromatic heterocycles. The average Bonchev–Trinajstić information content (AvgIpc) is 2.75. The molecule has 1 saturated heterocycles. The molecule has 20 heavy (non-hydrogen) atoms. The smallest absolute Gasteiger partial charge is 0.105 e. The molecule has 0 radical (unpaired) electrons. The van der Waals surface area contributed by atoms with Crippen molar-refractivity contribution in [3.8, 4) is 0 Å². The van der Waals surface area contributed by atoms with Crippen LogP contribution in [0.1, 0.15) is 36.3 Å². The van der Waals surface area contributed by atoms with Crippen molar-refractivity contribution in [3.05, 3.63) is 23.2 Å². The maximum absolute atomic E-state index is 8.90. The highest BCUT2D eigenvalue weighted by molar-refractivity contribution is 5.20. The zero-order valence-corrected chi connectivity index (χ0v) is 13.1. The van der Waals surface area contributed by atoms with E-state index in [9.17, 15) is 0 Å². The van der Waals surface area contributed by atoms with Crippen LogP contribution in [0.25, 0.3) is 0 Å². The van der Waals surface area contributed by atoms with Crippen LogP contribution in [0.3, 0.4) is 0 Å². The molecule has 2 rings (SSSR count). The van der Waals surface area contributed by atoms with E-state index in [-0.39, 0.29) is 0 Å². The molecular formula is C16H28N2O2. The van der Waals surface area contributed by atoms with E-state index in [1.54, 1.807) is 0 Å². The average molecular weight is 280 g/mol. The van der Waals surface area contributed by atoms with E-state index < -0.39 is 0 Å². The quantitative estimate of drug-likeness (QED) is 0.867. The summed E-state index contributed by atoms with van der Waals surface area (Å²) < 4.78 is 5.60. The van der Waals surface area contributed by atoms with E-state index in [0.29, 0.717) is 12.6 Å². The summed E-state index contributed by atoms with van der Waals surface area (Å²) in [6, 6.07) is 2.83. The molecule has 1 aliphatic rings. The predicted octanol–water partition coefficient (Wildman–Crippen LogP) is 2.18. The molecule has 1 N–H and O–H groups in total. The van der Waals surface area contributed by atoms with E-state index in [0.717, 1.165) is 44.1 Å². The fourth-order valence-corrected chi connectivity index (χ4v) is 3.10. The van der Waals surface area contributed by atoms with Gasteiger partial charge in [0.15, 0.2) is 0 Å². The lowest BCUT2D eigenvalue weighted by Crippen LogP contribution is -2.43. The molecule has 4 nitrogen and oxygen atoms in total. The van der Waals surface area contributed by atoms with Crippen LogP contribution in [-0.2, 0) is 6.54 Å². The summed E-state index contributed by atoms with van der Waals surface area (Å²) in [6.07, 6.45) is 3.32. The number of aryl methyl sites for hydroxylation is 2. The third-order valence-corrected chi connectivity index (χ3v) is 4.39. The van der Waals surface area contributed by atoms with Crippen molar-refractivity contribution in [1.29, 1.82) is 0 Å². The topological polar surface area (TPSA) is 39.9 Å². The molecule has 0 atom stereocenters. The fraction of sp³-hybridized carbons (Fsp3) is 0.750. The Kier molecular flexibility index (Phi) is 5.64. The Morgan fingerprint density at radius 1 is 1.35 bits per heavy atom. The number of hydrogen-bond acceptors (Lipinski definition) is 4. The molecule has 1 fully saturated rings. The van der Waals surface area contributed by atoms with Crippen LogP contribution >= 0.6 is 0 Å². The number of furan rings is 1. The van der Waals surface area contributed by atoms with Gasteiger partial charge in [0.25, 0.3) is 0 Å². The van der Waals surface area contributed by atoms with Gasteiger partial charge < -0.3 is 14.4 Å². The molecule has 4 heteroatoms. The molecule has 0 saturated carbocycles. The van der Waals surface area contributed by atoms with Crippen LogP contribution in [0, 0.1) is 13.8 Å². The molecule has 0 amide bonds. The number of hydrogen-bond donors (Lipinski definition) is 1.